The molecule has 29 heavy (non-hydrogen) atoms. The van der Waals surface area contributed by atoms with E-state index in [2.05, 4.69) is 15.3 Å². The molecule has 1 aromatic carbocycles. The van der Waals surface area contributed by atoms with Gasteiger partial charge in [0.15, 0.2) is 0 Å². The second-order valence-electron chi connectivity index (χ2n) is 7.21. The van der Waals surface area contributed by atoms with Gasteiger partial charge in [-0.25, -0.2) is 8.42 Å². The number of aromatic nitrogens is 2. The number of carbonyl (C=O) groups is 1. The maximum atomic E-state index is 13.5. The fraction of sp³-hybridized carbons (Fsp3) is 0.190. The minimum absolute atomic E-state index is 0.109. The van der Waals surface area contributed by atoms with E-state index in [1.165, 1.54) is 22.8 Å². The van der Waals surface area contributed by atoms with Crippen LogP contribution in [0.2, 0.25) is 0 Å². The molecule has 146 valence electrons. The molecule has 7 nitrogen and oxygen atoms in total. The number of amides is 1. The van der Waals surface area contributed by atoms with Gasteiger partial charge < -0.3 is 5.32 Å². The number of hydrogen-bond acceptors (Lipinski definition) is 5. The van der Waals surface area contributed by atoms with E-state index in [9.17, 15) is 13.2 Å². The predicted molar refractivity (Wildman–Crippen MR) is 106 cm³/mol. The monoisotopic (exact) mass is 406 g/mol. The van der Waals surface area contributed by atoms with E-state index in [-0.39, 0.29) is 17.3 Å². The first-order chi connectivity index (χ1) is 14.0. The molecule has 0 radical (unpaired) electrons. The van der Waals surface area contributed by atoms with Gasteiger partial charge in [0.05, 0.1) is 11.5 Å². The number of sulfonamides is 1. The summed E-state index contributed by atoms with van der Waals surface area (Å²) in [6.45, 7) is 0.221. The van der Waals surface area contributed by atoms with Crippen LogP contribution >= 0.6 is 0 Å². The van der Waals surface area contributed by atoms with Crippen LogP contribution in [-0.2, 0) is 20.2 Å². The van der Waals surface area contributed by atoms with Crippen molar-refractivity contribution in [1.82, 2.24) is 14.3 Å². The Bertz CT molecular complexity index is 1180. The molecule has 5 rings (SSSR count). The summed E-state index contributed by atoms with van der Waals surface area (Å²) < 4.78 is 28.4. The van der Waals surface area contributed by atoms with Crippen LogP contribution in [0.3, 0.4) is 0 Å². The number of nitrogens with one attached hydrogen (secondary N) is 1. The number of benzene rings is 1. The molecule has 2 aliphatic rings. The fourth-order valence-corrected chi connectivity index (χ4v) is 6.16. The highest BCUT2D eigenvalue weighted by Crippen LogP contribution is 2.55. The van der Waals surface area contributed by atoms with Crippen molar-refractivity contribution < 1.29 is 13.2 Å². The van der Waals surface area contributed by atoms with Gasteiger partial charge in [-0.05, 0) is 41.8 Å². The van der Waals surface area contributed by atoms with Gasteiger partial charge >= 0.3 is 0 Å². The molecule has 1 spiro atoms. The lowest BCUT2D eigenvalue weighted by atomic mass is 9.73. The number of pyridine rings is 2. The standard InChI is InChI=1S/C21H18N4O3S/c26-20-21(17-7-1-2-8-18(17)24-20)9-12-25(19(21)15-5-3-10-22-13-15)29(27,28)16-6-4-11-23-14-16/h1-8,10-11,13-14,19H,9,12H2,(H,24,26). The van der Waals surface area contributed by atoms with Gasteiger partial charge in [-0.15, -0.1) is 0 Å². The smallest absolute Gasteiger partial charge is 0.245 e. The zero-order chi connectivity index (χ0) is 20.1. The summed E-state index contributed by atoms with van der Waals surface area (Å²) >= 11 is 0. The third-order valence-electron chi connectivity index (χ3n) is 5.78. The summed E-state index contributed by atoms with van der Waals surface area (Å²) in [6.07, 6.45) is 6.52. The SMILES string of the molecule is O=C1Nc2ccccc2C12CCN(S(=O)(=O)c1cccnc1)C2c1cccnc1. The molecule has 1 fully saturated rings. The molecule has 2 aromatic heterocycles. The average Bonchev–Trinajstić information content (AvgIpc) is 3.30. The maximum Gasteiger partial charge on any atom is 0.245 e. The van der Waals surface area contributed by atoms with Gasteiger partial charge in [0.2, 0.25) is 15.9 Å². The molecule has 3 aromatic rings. The lowest BCUT2D eigenvalue weighted by Crippen LogP contribution is -2.42. The minimum atomic E-state index is -3.86. The highest BCUT2D eigenvalue weighted by Gasteiger charge is 2.60. The van der Waals surface area contributed by atoms with E-state index >= 15 is 0 Å². The maximum absolute atomic E-state index is 13.5. The third-order valence-corrected chi connectivity index (χ3v) is 7.63. The molecule has 1 amide bonds. The molecular weight excluding hydrogens is 388 g/mol. The molecule has 2 unspecified atom stereocenters. The Labute approximate surface area is 168 Å². The second kappa shape index (κ2) is 6.47. The third kappa shape index (κ3) is 2.53. The van der Waals surface area contributed by atoms with Crippen LogP contribution in [0.4, 0.5) is 5.69 Å². The first kappa shape index (κ1) is 18.0. The Hall–Kier alpha value is -3.10. The van der Waals surface area contributed by atoms with E-state index < -0.39 is 21.5 Å². The van der Waals surface area contributed by atoms with Gasteiger partial charge in [-0.1, -0.05) is 24.3 Å². The lowest BCUT2D eigenvalue weighted by Gasteiger charge is -2.33. The Balaban J connectivity index is 1.73. The van der Waals surface area contributed by atoms with Crippen molar-refractivity contribution in [2.45, 2.75) is 22.8 Å². The minimum Gasteiger partial charge on any atom is -0.325 e. The first-order valence-electron chi connectivity index (χ1n) is 9.28. The first-order valence-corrected chi connectivity index (χ1v) is 10.7. The molecule has 0 saturated carbocycles. The van der Waals surface area contributed by atoms with Crippen molar-refractivity contribution in [1.29, 1.82) is 0 Å². The Morgan fingerprint density at radius 1 is 1.00 bits per heavy atom. The van der Waals surface area contributed by atoms with Crippen LogP contribution < -0.4 is 5.32 Å². The zero-order valence-corrected chi connectivity index (χ0v) is 16.2. The number of hydrogen-bond donors (Lipinski definition) is 1. The van der Waals surface area contributed by atoms with Crippen LogP contribution in [0.15, 0.2) is 78.2 Å². The zero-order valence-electron chi connectivity index (χ0n) is 15.4. The molecule has 4 heterocycles. The highest BCUT2D eigenvalue weighted by molar-refractivity contribution is 7.89. The van der Waals surface area contributed by atoms with Gasteiger partial charge in [0.25, 0.3) is 0 Å². The number of anilines is 1. The molecule has 1 saturated heterocycles. The molecule has 0 aliphatic carbocycles. The highest BCUT2D eigenvalue weighted by atomic mass is 32.2. The van der Waals surface area contributed by atoms with Gasteiger partial charge in [-0.3, -0.25) is 14.8 Å². The number of fused-ring (bicyclic) bond motifs is 2. The molecular formula is C21H18N4O3S. The van der Waals surface area contributed by atoms with Crippen LogP contribution in [0.1, 0.15) is 23.6 Å². The number of carbonyl (C=O) groups excluding carboxylic acids is 1. The van der Waals surface area contributed by atoms with Gasteiger partial charge in [0, 0.05) is 37.0 Å². The summed E-state index contributed by atoms with van der Waals surface area (Å²) in [7, 11) is -3.86. The van der Waals surface area contributed by atoms with Gasteiger partial charge in [-0.2, -0.15) is 4.31 Å². The molecule has 1 N–H and O–H groups in total. The van der Waals surface area contributed by atoms with Crippen molar-refractivity contribution in [3.8, 4) is 0 Å². The van der Waals surface area contributed by atoms with E-state index in [4.69, 9.17) is 0 Å². The number of para-hydroxylation sites is 1. The normalized spacial score (nSPS) is 23.9. The van der Waals surface area contributed by atoms with Crippen molar-refractivity contribution in [2.75, 3.05) is 11.9 Å². The lowest BCUT2D eigenvalue weighted by molar-refractivity contribution is -0.121. The predicted octanol–water partition coefficient (Wildman–Crippen LogP) is 2.50. The van der Waals surface area contributed by atoms with E-state index in [0.717, 1.165) is 11.3 Å². The quantitative estimate of drug-likeness (QED) is 0.722. The van der Waals surface area contributed by atoms with Crippen molar-refractivity contribution in [2.24, 2.45) is 0 Å². The van der Waals surface area contributed by atoms with E-state index in [1.54, 1.807) is 24.5 Å². The molecule has 2 atom stereocenters. The van der Waals surface area contributed by atoms with Crippen LogP contribution in [-0.4, -0.2) is 35.1 Å². The summed E-state index contributed by atoms with van der Waals surface area (Å²) in [5.41, 5.74) is 1.23. The fourth-order valence-electron chi connectivity index (χ4n) is 4.54. The summed E-state index contributed by atoms with van der Waals surface area (Å²) in [5, 5.41) is 2.95. The molecule has 0 bridgehead atoms. The van der Waals surface area contributed by atoms with Gasteiger partial charge in [0.1, 0.15) is 4.90 Å². The number of nitrogens with zero attached hydrogens (tertiary/aromatic N) is 3. The Morgan fingerprint density at radius 2 is 1.76 bits per heavy atom. The van der Waals surface area contributed by atoms with Crippen LogP contribution in [0.25, 0.3) is 0 Å². The summed E-state index contributed by atoms with van der Waals surface area (Å²) in [4.78, 5) is 21.5. The summed E-state index contributed by atoms with van der Waals surface area (Å²) in [6, 6.07) is 13.5. The summed E-state index contributed by atoms with van der Waals surface area (Å²) in [5.74, 6) is -0.184. The Kier molecular flexibility index (Phi) is 4.01. The van der Waals surface area contributed by atoms with Crippen molar-refractivity contribution in [3.63, 3.8) is 0 Å². The van der Waals surface area contributed by atoms with Crippen molar-refractivity contribution >= 4 is 21.6 Å². The van der Waals surface area contributed by atoms with E-state index in [0.29, 0.717) is 12.0 Å². The molecule has 8 heteroatoms. The average molecular weight is 406 g/mol. The Morgan fingerprint density at radius 3 is 2.48 bits per heavy atom. The number of rotatable bonds is 3. The van der Waals surface area contributed by atoms with Crippen molar-refractivity contribution in [3.05, 3.63) is 84.4 Å². The topological polar surface area (TPSA) is 92.3 Å². The largest absolute Gasteiger partial charge is 0.325 e. The van der Waals surface area contributed by atoms with E-state index in [1.807, 2.05) is 30.3 Å². The molecule has 2 aliphatic heterocycles. The second-order valence-corrected chi connectivity index (χ2v) is 9.10. The van der Waals surface area contributed by atoms with Crippen LogP contribution in [0, 0.1) is 0 Å². The van der Waals surface area contributed by atoms with Crippen LogP contribution in [0.5, 0.6) is 0 Å².